The summed E-state index contributed by atoms with van der Waals surface area (Å²) in [6.45, 7) is 2.19. The van der Waals surface area contributed by atoms with Gasteiger partial charge in [-0.3, -0.25) is 0 Å². The maximum absolute atomic E-state index is 5.45. The highest BCUT2D eigenvalue weighted by molar-refractivity contribution is 7.10. The summed E-state index contributed by atoms with van der Waals surface area (Å²) in [5.74, 6) is 2.77. The molecule has 2 unspecified atom stereocenters. The minimum absolute atomic E-state index is 0.372. The number of terminal acetylenes is 1. The van der Waals surface area contributed by atoms with Gasteiger partial charge in [0, 0.05) is 34.7 Å². The molecule has 2 rings (SSSR count). The Morgan fingerprint density at radius 3 is 2.63 bits per heavy atom. The van der Waals surface area contributed by atoms with Gasteiger partial charge in [0.15, 0.2) is 0 Å². The molecule has 0 saturated heterocycles. The van der Waals surface area contributed by atoms with Gasteiger partial charge in [0.05, 0.1) is 0 Å². The van der Waals surface area contributed by atoms with Crippen molar-refractivity contribution in [3.63, 3.8) is 0 Å². The van der Waals surface area contributed by atoms with E-state index in [1.54, 1.807) is 0 Å². The molecule has 3 heteroatoms. The van der Waals surface area contributed by atoms with Gasteiger partial charge in [-0.15, -0.1) is 35.0 Å². The zero-order valence-electron chi connectivity index (χ0n) is 11.1. The van der Waals surface area contributed by atoms with Gasteiger partial charge in [-0.2, -0.15) is 0 Å². The van der Waals surface area contributed by atoms with Crippen LogP contribution >= 0.6 is 22.7 Å². The molecule has 0 aliphatic heterocycles. The molecule has 1 nitrogen and oxygen atoms in total. The molecule has 2 heterocycles. The summed E-state index contributed by atoms with van der Waals surface area (Å²) in [6, 6.07) is 9.41. The van der Waals surface area contributed by atoms with Crippen molar-refractivity contribution in [1.29, 1.82) is 0 Å². The predicted octanol–water partition coefficient (Wildman–Crippen LogP) is 4.48. The minimum Gasteiger partial charge on any atom is -0.305 e. The molecule has 0 aromatic carbocycles. The van der Waals surface area contributed by atoms with E-state index in [9.17, 15) is 0 Å². The Hall–Kier alpha value is -1.08. The van der Waals surface area contributed by atoms with E-state index in [2.05, 4.69) is 53.2 Å². The van der Waals surface area contributed by atoms with Crippen LogP contribution in [0, 0.1) is 12.3 Å². The van der Waals surface area contributed by atoms with E-state index in [-0.39, 0.29) is 0 Å². The molecular formula is C16H19NS2. The van der Waals surface area contributed by atoms with Crippen LogP contribution in [0.25, 0.3) is 0 Å². The molecule has 1 N–H and O–H groups in total. The normalized spacial score (nSPS) is 13.9. The van der Waals surface area contributed by atoms with Crippen LogP contribution in [0.4, 0.5) is 0 Å². The SMILES string of the molecule is C#CCC(CC)NC(Cc1cccs1)c1cccs1. The van der Waals surface area contributed by atoms with Crippen LogP contribution in [0.1, 0.15) is 35.6 Å². The predicted molar refractivity (Wildman–Crippen MR) is 85.7 cm³/mol. The third-order valence-electron chi connectivity index (χ3n) is 3.17. The Bertz CT molecular complexity index is 493. The van der Waals surface area contributed by atoms with Crippen LogP contribution < -0.4 is 5.32 Å². The van der Waals surface area contributed by atoms with Crippen molar-refractivity contribution in [2.24, 2.45) is 0 Å². The largest absolute Gasteiger partial charge is 0.305 e. The lowest BCUT2D eigenvalue weighted by Gasteiger charge is -2.23. The monoisotopic (exact) mass is 289 g/mol. The highest BCUT2D eigenvalue weighted by Gasteiger charge is 2.17. The summed E-state index contributed by atoms with van der Waals surface area (Å²) in [5, 5.41) is 8.00. The summed E-state index contributed by atoms with van der Waals surface area (Å²) in [4.78, 5) is 2.81. The van der Waals surface area contributed by atoms with Crippen molar-refractivity contribution < 1.29 is 0 Å². The number of hydrogen-bond acceptors (Lipinski definition) is 3. The second-order valence-electron chi connectivity index (χ2n) is 4.53. The van der Waals surface area contributed by atoms with Crippen LogP contribution in [0.3, 0.4) is 0 Å². The first-order valence-corrected chi connectivity index (χ1v) is 8.34. The zero-order valence-corrected chi connectivity index (χ0v) is 12.8. The van der Waals surface area contributed by atoms with Crippen molar-refractivity contribution in [2.75, 3.05) is 0 Å². The van der Waals surface area contributed by atoms with E-state index in [0.29, 0.717) is 12.1 Å². The molecule has 0 spiro atoms. The molecule has 0 amide bonds. The van der Waals surface area contributed by atoms with E-state index < -0.39 is 0 Å². The standard InChI is InChI=1S/C16H19NS2/c1-3-7-13(4-2)17-15(16-9-6-11-19-16)12-14-8-5-10-18-14/h1,5-6,8-11,13,15,17H,4,7,12H2,2H3. The summed E-state index contributed by atoms with van der Waals surface area (Å²) in [5.41, 5.74) is 0. The fourth-order valence-electron chi connectivity index (χ4n) is 2.11. The molecule has 0 saturated carbocycles. The van der Waals surface area contributed by atoms with Gasteiger partial charge in [-0.05, 0) is 29.3 Å². The fourth-order valence-corrected chi connectivity index (χ4v) is 3.65. The lowest BCUT2D eigenvalue weighted by atomic mass is 10.1. The highest BCUT2D eigenvalue weighted by Crippen LogP contribution is 2.26. The first-order valence-electron chi connectivity index (χ1n) is 6.58. The second-order valence-corrected chi connectivity index (χ2v) is 6.54. The van der Waals surface area contributed by atoms with Crippen LogP contribution in [0.15, 0.2) is 35.0 Å². The lowest BCUT2D eigenvalue weighted by molar-refractivity contribution is 0.432. The van der Waals surface area contributed by atoms with Crippen molar-refractivity contribution >= 4 is 22.7 Å². The summed E-state index contributed by atoms with van der Waals surface area (Å²) in [7, 11) is 0. The second kappa shape index (κ2) is 7.49. The number of nitrogens with one attached hydrogen (secondary N) is 1. The summed E-state index contributed by atoms with van der Waals surface area (Å²) >= 11 is 3.63. The quantitative estimate of drug-likeness (QED) is 0.741. The number of rotatable bonds is 7. The Kier molecular flexibility index (Phi) is 5.65. The lowest BCUT2D eigenvalue weighted by Crippen LogP contribution is -2.32. The average Bonchev–Trinajstić information content (AvgIpc) is 3.10. The first kappa shape index (κ1) is 14.3. The van der Waals surface area contributed by atoms with Gasteiger partial charge in [0.1, 0.15) is 0 Å². The van der Waals surface area contributed by atoms with Crippen molar-refractivity contribution in [1.82, 2.24) is 5.32 Å². The molecule has 19 heavy (non-hydrogen) atoms. The van der Waals surface area contributed by atoms with E-state index in [1.807, 2.05) is 22.7 Å². The van der Waals surface area contributed by atoms with Crippen molar-refractivity contribution in [2.45, 2.75) is 38.3 Å². The van der Waals surface area contributed by atoms with Gasteiger partial charge in [-0.1, -0.05) is 19.1 Å². The number of hydrogen-bond donors (Lipinski definition) is 1. The summed E-state index contributed by atoms with van der Waals surface area (Å²) in [6.07, 6.45) is 8.35. The molecule has 2 aromatic rings. The van der Waals surface area contributed by atoms with Crippen LogP contribution in [-0.2, 0) is 6.42 Å². The Labute approximate surface area is 123 Å². The average molecular weight is 289 g/mol. The van der Waals surface area contributed by atoms with E-state index in [4.69, 9.17) is 6.42 Å². The summed E-state index contributed by atoms with van der Waals surface area (Å²) < 4.78 is 0. The molecule has 0 fully saturated rings. The molecule has 100 valence electrons. The van der Waals surface area contributed by atoms with Gasteiger partial charge >= 0.3 is 0 Å². The van der Waals surface area contributed by atoms with Gasteiger partial charge in [-0.25, -0.2) is 0 Å². The minimum atomic E-state index is 0.372. The van der Waals surface area contributed by atoms with Crippen molar-refractivity contribution in [3.8, 4) is 12.3 Å². The maximum atomic E-state index is 5.45. The van der Waals surface area contributed by atoms with Crippen LogP contribution in [0.2, 0.25) is 0 Å². The Morgan fingerprint density at radius 2 is 2.05 bits per heavy atom. The Morgan fingerprint density at radius 1 is 1.26 bits per heavy atom. The molecule has 2 atom stereocenters. The van der Waals surface area contributed by atoms with Crippen LogP contribution in [0.5, 0.6) is 0 Å². The van der Waals surface area contributed by atoms with E-state index in [1.165, 1.54) is 9.75 Å². The highest BCUT2D eigenvalue weighted by atomic mass is 32.1. The van der Waals surface area contributed by atoms with Crippen LogP contribution in [-0.4, -0.2) is 6.04 Å². The topological polar surface area (TPSA) is 12.0 Å². The van der Waals surface area contributed by atoms with E-state index in [0.717, 1.165) is 19.3 Å². The molecule has 0 radical (unpaired) electrons. The van der Waals surface area contributed by atoms with Gasteiger partial charge in [0.25, 0.3) is 0 Å². The smallest absolute Gasteiger partial charge is 0.0466 e. The van der Waals surface area contributed by atoms with Crippen molar-refractivity contribution in [3.05, 3.63) is 44.8 Å². The zero-order chi connectivity index (χ0) is 13.5. The molecule has 0 aliphatic carbocycles. The Balaban J connectivity index is 2.08. The van der Waals surface area contributed by atoms with Gasteiger partial charge < -0.3 is 5.32 Å². The molecule has 2 aromatic heterocycles. The molecule has 0 bridgehead atoms. The fraction of sp³-hybridized carbons (Fsp3) is 0.375. The van der Waals surface area contributed by atoms with E-state index >= 15 is 0 Å². The van der Waals surface area contributed by atoms with Gasteiger partial charge in [0.2, 0.25) is 0 Å². The molecule has 0 aliphatic rings. The third-order valence-corrected chi connectivity index (χ3v) is 5.05. The maximum Gasteiger partial charge on any atom is 0.0466 e. The first-order chi connectivity index (χ1) is 9.33. The molecular weight excluding hydrogens is 270 g/mol. The third kappa shape index (κ3) is 4.21. The number of thiophene rings is 2.